The molecule has 42 heavy (non-hydrogen) atoms. The van der Waals surface area contributed by atoms with E-state index in [4.69, 9.17) is 33.7 Å². The van der Waals surface area contributed by atoms with Gasteiger partial charge in [-0.25, -0.2) is 9.55 Å². The van der Waals surface area contributed by atoms with Gasteiger partial charge in [-0.3, -0.25) is 13.9 Å². The highest BCUT2D eigenvalue weighted by atomic mass is 31.2. The van der Waals surface area contributed by atoms with Crippen LogP contribution >= 0.6 is 7.75 Å². The molecule has 0 bridgehead atoms. The number of nitrogens with zero attached hydrogens (tertiary/aromatic N) is 4. The Bertz CT molecular complexity index is 1450. The molecule has 3 unspecified atom stereocenters. The van der Waals surface area contributed by atoms with Gasteiger partial charge in [0.2, 0.25) is 11.8 Å². The highest BCUT2D eigenvalue weighted by molar-refractivity contribution is 7.52. The average Bonchev–Trinajstić information content (AvgIpc) is 3.48. The number of para-hydroxylation sites is 1. The van der Waals surface area contributed by atoms with E-state index in [-0.39, 0.29) is 36.7 Å². The van der Waals surface area contributed by atoms with Crippen molar-refractivity contribution in [2.45, 2.75) is 57.3 Å². The average molecular weight is 607 g/mol. The van der Waals surface area contributed by atoms with Gasteiger partial charge in [0.05, 0.1) is 33.3 Å². The summed E-state index contributed by atoms with van der Waals surface area (Å²) in [6.45, 7) is 5.52. The summed E-state index contributed by atoms with van der Waals surface area (Å²) in [4.78, 5) is 25.2. The molecule has 6 atom stereocenters. The van der Waals surface area contributed by atoms with E-state index in [9.17, 15) is 14.5 Å². The van der Waals surface area contributed by atoms with Gasteiger partial charge in [-0.1, -0.05) is 32.0 Å². The summed E-state index contributed by atoms with van der Waals surface area (Å²) in [7, 11) is -2.76. The number of anilines is 1. The first kappa shape index (κ1) is 30.1. The Morgan fingerprint density at radius 2 is 2.02 bits per heavy atom. The third-order valence-electron chi connectivity index (χ3n) is 6.93. The Kier molecular flexibility index (Phi) is 8.69. The van der Waals surface area contributed by atoms with Crippen molar-refractivity contribution in [3.63, 3.8) is 0 Å². The van der Waals surface area contributed by atoms with Crippen LogP contribution in [0.1, 0.15) is 33.4 Å². The second kappa shape index (κ2) is 12.1. The van der Waals surface area contributed by atoms with Gasteiger partial charge in [0.15, 0.2) is 17.4 Å². The number of carbonyl (C=O) groups excluding carboxylic acids is 1. The van der Waals surface area contributed by atoms with Gasteiger partial charge in [-0.2, -0.15) is 15.1 Å². The fourth-order valence-corrected chi connectivity index (χ4v) is 6.28. The zero-order valence-corrected chi connectivity index (χ0v) is 24.6. The second-order valence-electron chi connectivity index (χ2n) is 10.5. The van der Waals surface area contributed by atoms with Gasteiger partial charge in [-0.05, 0) is 25.0 Å². The molecule has 0 amide bonds. The summed E-state index contributed by atoms with van der Waals surface area (Å²) in [5.74, 6) is -0.0985. The SMILES string of the molecule is COc1nc(N)nc2c1ncn2C1OC(COP(=O)(N[C@@H](C)C(=O)OCC(C)C)Oc2ccccc2)[C@@H](O)[C@]12CCO2. The van der Waals surface area contributed by atoms with Crippen molar-refractivity contribution in [2.24, 2.45) is 5.92 Å². The maximum Gasteiger partial charge on any atom is 0.459 e. The van der Waals surface area contributed by atoms with E-state index < -0.39 is 43.8 Å². The lowest BCUT2D eigenvalue weighted by Crippen LogP contribution is -2.56. The van der Waals surface area contributed by atoms with Crippen molar-refractivity contribution in [3.8, 4) is 11.6 Å². The summed E-state index contributed by atoms with van der Waals surface area (Å²) in [5, 5.41) is 14.0. The lowest BCUT2D eigenvalue weighted by atomic mass is 9.86. The fourth-order valence-electron chi connectivity index (χ4n) is 4.78. The number of rotatable bonds is 12. The van der Waals surface area contributed by atoms with Crippen LogP contribution in [-0.4, -0.2) is 81.4 Å². The predicted molar refractivity (Wildman–Crippen MR) is 149 cm³/mol. The van der Waals surface area contributed by atoms with Crippen LogP contribution in [0, 0.1) is 5.92 Å². The smallest absolute Gasteiger partial charge is 0.459 e. The van der Waals surface area contributed by atoms with Crippen molar-refractivity contribution in [2.75, 3.05) is 32.7 Å². The molecule has 3 aromatic rings. The zero-order valence-electron chi connectivity index (χ0n) is 23.7. The minimum Gasteiger partial charge on any atom is -0.479 e. The van der Waals surface area contributed by atoms with Crippen LogP contribution in [-0.2, 0) is 28.1 Å². The van der Waals surface area contributed by atoms with Crippen LogP contribution < -0.4 is 20.1 Å². The molecule has 5 rings (SSSR count). The Morgan fingerprint density at radius 1 is 1.29 bits per heavy atom. The number of nitrogens with two attached hydrogens (primary N) is 1. The van der Waals surface area contributed by atoms with Crippen LogP contribution in [0.15, 0.2) is 36.7 Å². The molecule has 0 radical (unpaired) electrons. The predicted octanol–water partition coefficient (Wildman–Crippen LogP) is 2.22. The number of fused-ring (bicyclic) bond motifs is 1. The van der Waals surface area contributed by atoms with Crippen LogP contribution in [0.2, 0.25) is 0 Å². The molecule has 15 nitrogen and oxygen atoms in total. The standard InChI is InChI=1S/C26H35N6O9P/c1-15(2)12-37-23(34)16(3)31-42(35,41-17-8-6-5-7-9-17)39-13-18-20(33)26(10-11-38-26)24(40-18)32-14-28-19-21(32)29-25(27)30-22(19)36-4/h5-9,14-16,18,20,24,33H,10-13H2,1-4H3,(H,31,35)(H2,27,29,30)/t16-,18?,20+,24?,26+,42?/m0/s1. The van der Waals surface area contributed by atoms with Gasteiger partial charge in [0.1, 0.15) is 29.6 Å². The van der Waals surface area contributed by atoms with E-state index in [0.717, 1.165) is 0 Å². The third kappa shape index (κ3) is 5.93. The van der Waals surface area contributed by atoms with Gasteiger partial charge >= 0.3 is 13.7 Å². The molecule has 4 N–H and O–H groups in total. The molecular formula is C26H35N6O9P. The number of aliphatic hydroxyl groups is 1. The Balaban J connectivity index is 1.37. The molecule has 0 aliphatic carbocycles. The number of benzene rings is 1. The highest BCUT2D eigenvalue weighted by Crippen LogP contribution is 2.51. The van der Waals surface area contributed by atoms with Gasteiger partial charge in [0, 0.05) is 6.42 Å². The van der Waals surface area contributed by atoms with E-state index >= 15 is 0 Å². The quantitative estimate of drug-likeness (QED) is 0.201. The van der Waals surface area contributed by atoms with E-state index in [1.54, 1.807) is 34.9 Å². The first-order valence-corrected chi connectivity index (χ1v) is 15.0. The van der Waals surface area contributed by atoms with Crippen molar-refractivity contribution < 1.29 is 42.5 Å². The molecule has 2 saturated heterocycles. The van der Waals surface area contributed by atoms with E-state index in [0.29, 0.717) is 24.2 Å². The molecule has 2 aromatic heterocycles. The number of ether oxygens (including phenoxy) is 4. The number of esters is 1. The summed E-state index contributed by atoms with van der Waals surface area (Å²) in [5.41, 5.74) is 5.40. The Morgan fingerprint density at radius 3 is 2.67 bits per heavy atom. The summed E-state index contributed by atoms with van der Waals surface area (Å²) in [6, 6.07) is 7.34. The molecule has 2 aliphatic heterocycles. The first-order chi connectivity index (χ1) is 20.0. The van der Waals surface area contributed by atoms with Crippen molar-refractivity contribution >= 4 is 30.8 Å². The minimum atomic E-state index is -4.20. The molecule has 2 fully saturated rings. The molecule has 1 spiro atoms. The van der Waals surface area contributed by atoms with Gasteiger partial charge in [-0.15, -0.1) is 0 Å². The lowest BCUT2D eigenvalue weighted by molar-refractivity contribution is -0.225. The second-order valence-corrected chi connectivity index (χ2v) is 12.2. The molecule has 1 aromatic carbocycles. The first-order valence-electron chi connectivity index (χ1n) is 13.5. The number of nitrogen functional groups attached to an aromatic ring is 1. The Hall–Kier alpha value is -3.33. The number of aromatic nitrogens is 4. The number of imidazole rings is 1. The van der Waals surface area contributed by atoms with Crippen LogP contribution in [0.4, 0.5) is 5.95 Å². The monoisotopic (exact) mass is 606 g/mol. The fraction of sp³-hybridized carbons (Fsp3) is 0.538. The number of hydrogen-bond donors (Lipinski definition) is 3. The lowest BCUT2D eigenvalue weighted by Gasteiger charge is -2.44. The Labute approximate surface area is 242 Å². The minimum absolute atomic E-state index is 0.0331. The van der Waals surface area contributed by atoms with E-state index in [2.05, 4.69) is 20.0 Å². The molecular weight excluding hydrogens is 571 g/mol. The largest absolute Gasteiger partial charge is 0.479 e. The molecule has 2 aliphatic rings. The zero-order chi connectivity index (χ0) is 30.1. The number of nitrogens with one attached hydrogen (secondary N) is 1. The topological polar surface area (TPSA) is 191 Å². The van der Waals surface area contributed by atoms with Crippen LogP contribution in [0.25, 0.3) is 11.2 Å². The normalized spacial score (nSPS) is 25.7. The van der Waals surface area contributed by atoms with Crippen LogP contribution in [0.5, 0.6) is 11.6 Å². The maximum absolute atomic E-state index is 13.9. The summed E-state index contributed by atoms with van der Waals surface area (Å²) < 4.78 is 49.7. The molecule has 228 valence electrons. The van der Waals surface area contributed by atoms with Crippen molar-refractivity contribution in [1.82, 2.24) is 24.6 Å². The summed E-state index contributed by atoms with van der Waals surface area (Å²) >= 11 is 0. The number of methoxy groups -OCH3 is 1. The van der Waals surface area contributed by atoms with Crippen molar-refractivity contribution in [3.05, 3.63) is 36.7 Å². The maximum atomic E-state index is 13.9. The van der Waals surface area contributed by atoms with Gasteiger partial charge < -0.3 is 34.3 Å². The van der Waals surface area contributed by atoms with E-state index in [1.807, 2.05) is 13.8 Å². The van der Waals surface area contributed by atoms with Crippen LogP contribution in [0.3, 0.4) is 0 Å². The van der Waals surface area contributed by atoms with Crippen molar-refractivity contribution in [1.29, 1.82) is 0 Å². The number of hydrogen-bond acceptors (Lipinski definition) is 13. The number of carbonyl (C=O) groups is 1. The molecule has 16 heteroatoms. The third-order valence-corrected chi connectivity index (χ3v) is 8.58. The highest BCUT2D eigenvalue weighted by Gasteiger charge is 2.62. The summed E-state index contributed by atoms with van der Waals surface area (Å²) in [6.07, 6.45) is -1.14. The molecule has 0 saturated carbocycles. The molecule has 4 heterocycles. The number of aliphatic hydroxyl groups excluding tert-OH is 1. The van der Waals surface area contributed by atoms with Gasteiger partial charge in [0.25, 0.3) is 0 Å². The van der Waals surface area contributed by atoms with E-state index in [1.165, 1.54) is 20.4 Å².